The number of nitrogens with zero attached hydrogens (tertiary/aromatic N) is 2. The van der Waals surface area contributed by atoms with Crippen LogP contribution in [0.2, 0.25) is 0 Å². The van der Waals surface area contributed by atoms with Gasteiger partial charge in [-0.05, 0) is 44.4 Å². The molecule has 1 aliphatic rings. The van der Waals surface area contributed by atoms with Gasteiger partial charge in [0.05, 0.1) is 5.39 Å². The van der Waals surface area contributed by atoms with Gasteiger partial charge < -0.3 is 14.6 Å². The summed E-state index contributed by atoms with van der Waals surface area (Å²) in [6.45, 7) is 4.98. The molecule has 8 heteroatoms. The maximum atomic E-state index is 12.7. The van der Waals surface area contributed by atoms with Crippen molar-refractivity contribution < 1.29 is 14.3 Å². The zero-order chi connectivity index (χ0) is 20.0. The van der Waals surface area contributed by atoms with Crippen LogP contribution in [0.25, 0.3) is 10.2 Å². The number of benzene rings is 1. The lowest BCUT2D eigenvalue weighted by Gasteiger charge is -2.22. The number of aromatic amines is 1. The predicted molar refractivity (Wildman–Crippen MR) is 107 cm³/mol. The van der Waals surface area contributed by atoms with E-state index in [4.69, 9.17) is 4.74 Å². The molecule has 0 saturated carbocycles. The summed E-state index contributed by atoms with van der Waals surface area (Å²) in [5.74, 6) is -0.405. The number of ether oxygens (including phenoxy) is 1. The largest absolute Gasteiger partial charge is 0.451 e. The first-order valence-corrected chi connectivity index (χ1v) is 9.75. The van der Waals surface area contributed by atoms with Gasteiger partial charge in [-0.3, -0.25) is 9.59 Å². The lowest BCUT2D eigenvalue weighted by Crippen LogP contribution is -2.38. The van der Waals surface area contributed by atoms with Gasteiger partial charge in [-0.15, -0.1) is 11.3 Å². The van der Waals surface area contributed by atoms with E-state index < -0.39 is 5.97 Å². The number of esters is 1. The normalized spacial score (nSPS) is 15.7. The van der Waals surface area contributed by atoms with Crippen LogP contribution in [0.5, 0.6) is 0 Å². The number of aryl methyl sites for hydroxylation is 2. The molecule has 0 radical (unpaired) electrons. The molecule has 0 bridgehead atoms. The fraction of sp³-hybridized carbons (Fsp3) is 0.300. The average Bonchev–Trinajstić information content (AvgIpc) is 3.15. The Labute approximate surface area is 165 Å². The monoisotopic (exact) mass is 397 g/mol. The Morgan fingerprint density at radius 1 is 1.32 bits per heavy atom. The minimum atomic E-state index is -0.619. The van der Waals surface area contributed by atoms with Crippen molar-refractivity contribution in [3.05, 3.63) is 56.4 Å². The van der Waals surface area contributed by atoms with Crippen molar-refractivity contribution in [1.82, 2.24) is 9.97 Å². The summed E-state index contributed by atoms with van der Waals surface area (Å²) in [6, 6.07) is 7.74. The Hall–Kier alpha value is -3.00. The first kappa shape index (κ1) is 18.4. The second-order valence-electron chi connectivity index (χ2n) is 6.91. The van der Waals surface area contributed by atoms with Gasteiger partial charge in [0.1, 0.15) is 15.5 Å². The van der Waals surface area contributed by atoms with Crippen LogP contribution in [0.3, 0.4) is 0 Å². The summed E-state index contributed by atoms with van der Waals surface area (Å²) in [5, 5.41) is 0.385. The Morgan fingerprint density at radius 2 is 2.07 bits per heavy atom. The van der Waals surface area contributed by atoms with Gasteiger partial charge in [0, 0.05) is 11.7 Å². The van der Waals surface area contributed by atoms with Crippen LogP contribution < -0.4 is 10.5 Å². The molecular weight excluding hydrogens is 378 g/mol. The molecule has 0 saturated heterocycles. The van der Waals surface area contributed by atoms with Crippen molar-refractivity contribution in [3.63, 3.8) is 0 Å². The number of fused-ring (bicyclic) bond motifs is 2. The van der Waals surface area contributed by atoms with E-state index in [0.29, 0.717) is 26.5 Å². The molecule has 1 aromatic carbocycles. The number of rotatable bonds is 3. The smallest absolute Gasteiger partial charge is 0.349 e. The standard InChI is InChI=1S/C20H19N3O4S/c1-10-8-13-6-4-5-7-14(13)23(10)15(24)9-27-20(26)17-11(2)16-18(25)21-12(3)22-19(16)28-17/h4-7,10H,8-9H2,1-3H3,(H,21,22,25)/t10-/m0/s1. The van der Waals surface area contributed by atoms with Crippen LogP contribution >= 0.6 is 11.3 Å². The van der Waals surface area contributed by atoms with Gasteiger partial charge in [0.2, 0.25) is 0 Å². The first-order chi connectivity index (χ1) is 13.4. The number of nitrogens with one attached hydrogen (secondary N) is 1. The highest BCUT2D eigenvalue weighted by atomic mass is 32.1. The van der Waals surface area contributed by atoms with Crippen LogP contribution in [0, 0.1) is 13.8 Å². The van der Waals surface area contributed by atoms with Gasteiger partial charge in [-0.1, -0.05) is 18.2 Å². The molecule has 144 valence electrons. The summed E-state index contributed by atoms with van der Waals surface area (Å²) >= 11 is 1.10. The second kappa shape index (κ2) is 6.87. The Kier molecular flexibility index (Phi) is 4.50. The van der Waals surface area contributed by atoms with Crippen molar-refractivity contribution >= 4 is 39.1 Å². The summed E-state index contributed by atoms with van der Waals surface area (Å²) in [7, 11) is 0. The van der Waals surface area contributed by atoms with E-state index in [1.807, 2.05) is 31.2 Å². The van der Waals surface area contributed by atoms with E-state index in [1.54, 1.807) is 18.7 Å². The Balaban J connectivity index is 1.53. The van der Waals surface area contributed by atoms with Gasteiger partial charge in [-0.2, -0.15) is 0 Å². The highest BCUT2D eigenvalue weighted by Crippen LogP contribution is 2.32. The quantitative estimate of drug-likeness (QED) is 0.686. The number of thiophene rings is 1. The van der Waals surface area contributed by atoms with Crippen LogP contribution in [0.15, 0.2) is 29.1 Å². The fourth-order valence-corrected chi connectivity index (χ4v) is 4.78. The average molecular weight is 397 g/mol. The lowest BCUT2D eigenvalue weighted by molar-refractivity contribution is -0.122. The number of carbonyl (C=O) groups excluding carboxylic acids is 2. The summed E-state index contributed by atoms with van der Waals surface area (Å²) in [5.41, 5.74) is 2.20. The number of hydrogen-bond acceptors (Lipinski definition) is 6. The maximum absolute atomic E-state index is 12.7. The third-order valence-corrected chi connectivity index (χ3v) is 6.07. The van der Waals surface area contributed by atoms with Gasteiger partial charge >= 0.3 is 5.97 Å². The molecule has 1 aliphatic heterocycles. The number of carbonyl (C=O) groups is 2. The highest BCUT2D eigenvalue weighted by molar-refractivity contribution is 7.20. The molecule has 1 atom stereocenters. The zero-order valence-corrected chi connectivity index (χ0v) is 16.6. The fourth-order valence-electron chi connectivity index (χ4n) is 3.65. The number of H-pyrrole nitrogens is 1. The number of para-hydroxylation sites is 1. The SMILES string of the molecule is Cc1nc2sc(C(=O)OCC(=O)N3c4ccccc4C[C@@H]3C)c(C)c2c(=O)[nH]1. The molecule has 0 aliphatic carbocycles. The molecule has 0 fully saturated rings. The van der Waals surface area contributed by atoms with Crippen LogP contribution in [-0.4, -0.2) is 34.5 Å². The molecule has 3 aromatic rings. The lowest BCUT2D eigenvalue weighted by atomic mass is 10.1. The minimum Gasteiger partial charge on any atom is -0.451 e. The van der Waals surface area contributed by atoms with Gasteiger partial charge in [0.15, 0.2) is 6.61 Å². The highest BCUT2D eigenvalue weighted by Gasteiger charge is 2.31. The van der Waals surface area contributed by atoms with Crippen molar-refractivity contribution in [1.29, 1.82) is 0 Å². The third-order valence-electron chi connectivity index (χ3n) is 4.91. The second-order valence-corrected chi connectivity index (χ2v) is 7.91. The summed E-state index contributed by atoms with van der Waals surface area (Å²) in [6.07, 6.45) is 0.777. The molecule has 7 nitrogen and oxygen atoms in total. The number of anilines is 1. The van der Waals surface area contributed by atoms with E-state index in [2.05, 4.69) is 9.97 Å². The molecule has 0 spiro atoms. The summed E-state index contributed by atoms with van der Waals surface area (Å²) in [4.78, 5) is 46.8. The summed E-state index contributed by atoms with van der Waals surface area (Å²) < 4.78 is 5.29. The van der Waals surface area contributed by atoms with E-state index in [-0.39, 0.29) is 24.1 Å². The van der Waals surface area contributed by atoms with Crippen molar-refractivity contribution in [3.8, 4) is 0 Å². The minimum absolute atomic E-state index is 0.0143. The van der Waals surface area contributed by atoms with Crippen molar-refractivity contribution in [2.45, 2.75) is 33.2 Å². The molecule has 0 unspecified atom stereocenters. The predicted octanol–water partition coefficient (Wildman–Crippen LogP) is 2.74. The third kappa shape index (κ3) is 2.99. The van der Waals surface area contributed by atoms with E-state index >= 15 is 0 Å². The van der Waals surface area contributed by atoms with Crippen molar-refractivity contribution in [2.75, 3.05) is 11.5 Å². The molecule has 1 amide bonds. The van der Waals surface area contributed by atoms with Gasteiger partial charge in [-0.25, -0.2) is 9.78 Å². The number of hydrogen-bond donors (Lipinski definition) is 1. The zero-order valence-electron chi connectivity index (χ0n) is 15.7. The van der Waals surface area contributed by atoms with Crippen LogP contribution in [-0.2, 0) is 16.0 Å². The topological polar surface area (TPSA) is 92.4 Å². The molecule has 2 aromatic heterocycles. The molecule has 28 heavy (non-hydrogen) atoms. The van der Waals surface area contributed by atoms with E-state index in [9.17, 15) is 14.4 Å². The van der Waals surface area contributed by atoms with E-state index in [1.165, 1.54) is 0 Å². The number of aromatic nitrogens is 2. The van der Waals surface area contributed by atoms with Crippen molar-refractivity contribution in [2.24, 2.45) is 0 Å². The molecular formula is C20H19N3O4S. The number of amides is 1. The maximum Gasteiger partial charge on any atom is 0.349 e. The molecule has 4 rings (SSSR count). The van der Waals surface area contributed by atoms with Gasteiger partial charge in [0.25, 0.3) is 11.5 Å². The molecule has 1 N–H and O–H groups in total. The molecule has 3 heterocycles. The van der Waals surface area contributed by atoms with Crippen LogP contribution in [0.1, 0.15) is 33.5 Å². The first-order valence-electron chi connectivity index (χ1n) is 8.94. The Morgan fingerprint density at radius 3 is 2.86 bits per heavy atom. The van der Waals surface area contributed by atoms with Crippen LogP contribution in [0.4, 0.5) is 5.69 Å². The Bertz CT molecular complexity index is 1160. The van der Waals surface area contributed by atoms with E-state index in [0.717, 1.165) is 29.0 Å².